The Morgan fingerprint density at radius 2 is 1.66 bits per heavy atom. The van der Waals surface area contributed by atoms with Crippen molar-refractivity contribution in [1.29, 1.82) is 0 Å². The van der Waals surface area contributed by atoms with Gasteiger partial charge in [0.25, 0.3) is 0 Å². The molecule has 0 saturated carbocycles. The van der Waals surface area contributed by atoms with Crippen LogP contribution < -0.4 is 0 Å². The lowest BCUT2D eigenvalue weighted by Gasteiger charge is -2.34. The number of phenolic OH excluding ortho intramolecular Hbond substituents is 1. The van der Waals surface area contributed by atoms with E-state index in [1.54, 1.807) is 6.07 Å². The van der Waals surface area contributed by atoms with Crippen molar-refractivity contribution in [1.82, 2.24) is 9.21 Å². The van der Waals surface area contributed by atoms with Gasteiger partial charge in [0.1, 0.15) is 22.3 Å². The monoisotopic (exact) mass is 418 g/mol. The number of phenols is 1. The molecule has 1 aliphatic rings. The molecule has 3 aromatic carbocycles. The maximum atomic E-state index is 14.0. The number of aromatic hydroxyl groups is 1. The summed E-state index contributed by atoms with van der Waals surface area (Å²) in [4.78, 5) is 1.54. The molecule has 0 spiro atoms. The number of benzene rings is 3. The maximum Gasteiger partial charge on any atom is 0.246 e. The van der Waals surface area contributed by atoms with Gasteiger partial charge in [-0.15, -0.1) is 0 Å². The van der Waals surface area contributed by atoms with E-state index >= 15 is 0 Å². The normalized spacial score (nSPS) is 16.3. The van der Waals surface area contributed by atoms with E-state index < -0.39 is 26.6 Å². The zero-order valence-electron chi connectivity index (χ0n) is 15.6. The number of halogens is 2. The Balaban J connectivity index is 1.50. The van der Waals surface area contributed by atoms with Crippen LogP contribution in [0, 0.1) is 11.6 Å². The van der Waals surface area contributed by atoms with Crippen LogP contribution in [-0.4, -0.2) is 48.9 Å². The first kappa shape index (κ1) is 19.8. The second-order valence-corrected chi connectivity index (χ2v) is 8.95. The molecule has 1 aliphatic heterocycles. The highest BCUT2D eigenvalue weighted by Gasteiger charge is 2.31. The molecule has 4 rings (SSSR count). The molecule has 0 atom stereocenters. The smallest absolute Gasteiger partial charge is 0.246 e. The molecule has 0 unspecified atom stereocenters. The average Bonchev–Trinajstić information content (AvgIpc) is 2.70. The molecule has 29 heavy (non-hydrogen) atoms. The summed E-state index contributed by atoms with van der Waals surface area (Å²) < 4.78 is 53.7. The molecule has 5 nitrogen and oxygen atoms in total. The summed E-state index contributed by atoms with van der Waals surface area (Å²) >= 11 is 0. The Labute approximate surface area is 167 Å². The summed E-state index contributed by atoms with van der Waals surface area (Å²) in [7, 11) is -4.03. The molecule has 0 amide bonds. The van der Waals surface area contributed by atoms with Crippen molar-refractivity contribution in [2.75, 3.05) is 26.2 Å². The highest BCUT2D eigenvalue weighted by molar-refractivity contribution is 7.89. The third kappa shape index (κ3) is 3.83. The zero-order chi connectivity index (χ0) is 20.6. The molecular weight excluding hydrogens is 398 g/mol. The van der Waals surface area contributed by atoms with Crippen LogP contribution in [0.15, 0.2) is 59.5 Å². The van der Waals surface area contributed by atoms with Gasteiger partial charge in [0.2, 0.25) is 10.0 Å². The molecule has 1 fully saturated rings. The average molecular weight is 418 g/mol. The van der Waals surface area contributed by atoms with Crippen molar-refractivity contribution >= 4 is 20.8 Å². The van der Waals surface area contributed by atoms with Crippen LogP contribution in [0.5, 0.6) is 5.75 Å². The van der Waals surface area contributed by atoms with Crippen LogP contribution in [0.25, 0.3) is 10.8 Å². The van der Waals surface area contributed by atoms with E-state index in [1.807, 2.05) is 30.3 Å². The van der Waals surface area contributed by atoms with Gasteiger partial charge in [-0.25, -0.2) is 17.2 Å². The van der Waals surface area contributed by atoms with Gasteiger partial charge in [0.15, 0.2) is 0 Å². The first-order valence-electron chi connectivity index (χ1n) is 9.23. The molecule has 3 aromatic rings. The topological polar surface area (TPSA) is 60.9 Å². The Bertz CT molecular complexity index is 1160. The first-order chi connectivity index (χ1) is 13.9. The largest absolute Gasteiger partial charge is 0.508 e. The SMILES string of the molecule is O=S(=O)(c1ccc(F)cc1F)N1CCN(Cc2c(O)ccc3ccccc23)CC1. The van der Waals surface area contributed by atoms with E-state index in [0.29, 0.717) is 25.7 Å². The fourth-order valence-corrected chi connectivity index (χ4v) is 5.13. The summed E-state index contributed by atoms with van der Waals surface area (Å²) in [6.07, 6.45) is 0. The van der Waals surface area contributed by atoms with Crippen LogP contribution in [0.2, 0.25) is 0 Å². The predicted octanol–water partition coefficient (Wildman–Crippen LogP) is 3.33. The summed E-state index contributed by atoms with van der Waals surface area (Å²) in [5, 5.41) is 12.3. The van der Waals surface area contributed by atoms with E-state index in [1.165, 1.54) is 4.31 Å². The fraction of sp³-hybridized carbons (Fsp3) is 0.238. The number of piperazine rings is 1. The second kappa shape index (κ2) is 7.70. The molecule has 1 heterocycles. The first-order valence-corrected chi connectivity index (χ1v) is 10.7. The number of sulfonamides is 1. The molecule has 0 aromatic heterocycles. The molecule has 0 radical (unpaired) electrons. The number of hydrogen-bond donors (Lipinski definition) is 1. The minimum atomic E-state index is -4.03. The highest BCUT2D eigenvalue weighted by Crippen LogP contribution is 2.29. The minimum Gasteiger partial charge on any atom is -0.508 e. The van der Waals surface area contributed by atoms with Gasteiger partial charge in [-0.05, 0) is 29.0 Å². The van der Waals surface area contributed by atoms with Gasteiger partial charge in [0, 0.05) is 44.4 Å². The summed E-state index contributed by atoms with van der Waals surface area (Å²) in [6, 6.07) is 13.8. The highest BCUT2D eigenvalue weighted by atomic mass is 32.2. The van der Waals surface area contributed by atoms with Crippen LogP contribution in [0.3, 0.4) is 0 Å². The van der Waals surface area contributed by atoms with Crippen LogP contribution in [-0.2, 0) is 16.6 Å². The van der Waals surface area contributed by atoms with Gasteiger partial charge >= 0.3 is 0 Å². The van der Waals surface area contributed by atoms with Gasteiger partial charge in [0.05, 0.1) is 0 Å². The van der Waals surface area contributed by atoms with Gasteiger partial charge < -0.3 is 5.11 Å². The van der Waals surface area contributed by atoms with Crippen molar-refractivity contribution in [3.63, 3.8) is 0 Å². The molecule has 8 heteroatoms. The summed E-state index contributed by atoms with van der Waals surface area (Å²) in [5.41, 5.74) is 0.795. The number of fused-ring (bicyclic) bond motifs is 1. The Morgan fingerprint density at radius 3 is 2.38 bits per heavy atom. The van der Waals surface area contributed by atoms with E-state index in [2.05, 4.69) is 4.90 Å². The van der Waals surface area contributed by atoms with Crippen LogP contribution >= 0.6 is 0 Å². The quantitative estimate of drug-likeness (QED) is 0.706. The summed E-state index contributed by atoms with van der Waals surface area (Å²) in [5.74, 6) is -1.71. The van der Waals surface area contributed by atoms with E-state index in [9.17, 15) is 22.3 Å². The molecule has 0 aliphatic carbocycles. The van der Waals surface area contributed by atoms with E-state index in [-0.39, 0.29) is 18.8 Å². The maximum absolute atomic E-state index is 14.0. The predicted molar refractivity (Wildman–Crippen MR) is 106 cm³/mol. The molecular formula is C21H20F2N2O3S. The Hall–Kier alpha value is -2.55. The number of nitrogens with zero attached hydrogens (tertiary/aromatic N) is 2. The lowest BCUT2D eigenvalue weighted by molar-refractivity contribution is 0.180. The van der Waals surface area contributed by atoms with Gasteiger partial charge in [-0.3, -0.25) is 4.90 Å². The van der Waals surface area contributed by atoms with Crippen molar-refractivity contribution in [2.24, 2.45) is 0 Å². The molecule has 1 N–H and O–H groups in total. The van der Waals surface area contributed by atoms with Crippen molar-refractivity contribution in [3.8, 4) is 5.75 Å². The molecule has 0 bridgehead atoms. The zero-order valence-corrected chi connectivity index (χ0v) is 16.4. The van der Waals surface area contributed by atoms with E-state index in [4.69, 9.17) is 0 Å². The minimum absolute atomic E-state index is 0.185. The lowest BCUT2D eigenvalue weighted by atomic mass is 10.0. The molecule has 1 saturated heterocycles. The molecule has 152 valence electrons. The van der Waals surface area contributed by atoms with E-state index in [0.717, 1.165) is 28.5 Å². The van der Waals surface area contributed by atoms with Crippen LogP contribution in [0.4, 0.5) is 8.78 Å². The number of rotatable bonds is 4. The third-order valence-electron chi connectivity index (χ3n) is 5.24. The van der Waals surface area contributed by atoms with Crippen molar-refractivity contribution in [3.05, 3.63) is 71.8 Å². The van der Waals surface area contributed by atoms with Crippen LogP contribution in [0.1, 0.15) is 5.56 Å². The number of hydrogen-bond acceptors (Lipinski definition) is 4. The Morgan fingerprint density at radius 1 is 0.931 bits per heavy atom. The van der Waals surface area contributed by atoms with Gasteiger partial charge in [-0.1, -0.05) is 30.3 Å². The third-order valence-corrected chi connectivity index (χ3v) is 7.17. The standard InChI is InChI=1S/C21H20F2N2O3S/c22-16-6-8-21(19(23)13-16)29(27,28)25-11-9-24(10-12-25)14-18-17-4-2-1-3-15(17)5-7-20(18)26/h1-8,13,26H,9-12,14H2. The lowest BCUT2D eigenvalue weighted by Crippen LogP contribution is -2.48. The fourth-order valence-electron chi connectivity index (χ4n) is 3.67. The van der Waals surface area contributed by atoms with Crippen molar-refractivity contribution in [2.45, 2.75) is 11.4 Å². The Kier molecular flexibility index (Phi) is 5.24. The second-order valence-electron chi connectivity index (χ2n) is 7.04. The van der Waals surface area contributed by atoms with Crippen molar-refractivity contribution < 1.29 is 22.3 Å². The summed E-state index contributed by atoms with van der Waals surface area (Å²) in [6.45, 7) is 1.72. The van der Waals surface area contributed by atoms with Gasteiger partial charge in [-0.2, -0.15) is 4.31 Å².